The molecule has 4 rings (SSSR count). The number of halogens is 1. The summed E-state index contributed by atoms with van der Waals surface area (Å²) in [5, 5.41) is 4.27. The van der Waals surface area contributed by atoms with Crippen LogP contribution in [0.2, 0.25) is 5.02 Å². The third kappa shape index (κ3) is 1.75. The first-order valence-electron chi connectivity index (χ1n) is 6.60. The van der Waals surface area contributed by atoms with Crippen molar-refractivity contribution in [1.82, 2.24) is 5.32 Å². The first-order chi connectivity index (χ1) is 9.33. The van der Waals surface area contributed by atoms with Crippen LogP contribution in [0.15, 0.2) is 42.5 Å². The van der Waals surface area contributed by atoms with Gasteiger partial charge in [0.2, 0.25) is 0 Å². The zero-order chi connectivity index (χ0) is 12.8. The van der Waals surface area contributed by atoms with Gasteiger partial charge in [-0.05, 0) is 29.8 Å². The van der Waals surface area contributed by atoms with E-state index in [1.807, 2.05) is 24.3 Å². The molecule has 2 nitrogen and oxygen atoms in total. The molecule has 2 atom stereocenters. The minimum absolute atomic E-state index is 0.442. The number of rotatable bonds is 0. The fourth-order valence-corrected chi connectivity index (χ4v) is 3.41. The molecule has 3 heteroatoms. The Morgan fingerprint density at radius 3 is 2.58 bits per heavy atom. The van der Waals surface area contributed by atoms with Crippen molar-refractivity contribution in [3.63, 3.8) is 0 Å². The number of hydrogen-bond donors (Lipinski definition) is 1. The first-order valence-corrected chi connectivity index (χ1v) is 6.97. The van der Waals surface area contributed by atoms with Gasteiger partial charge < -0.3 is 10.1 Å². The SMILES string of the molecule is Clc1ccc2c(c1)[C@@H]1CNC[C@@H]1c1ccccc1O2. The number of fused-ring (bicyclic) bond motifs is 5. The summed E-state index contributed by atoms with van der Waals surface area (Å²) < 4.78 is 6.11. The molecule has 0 spiro atoms. The summed E-state index contributed by atoms with van der Waals surface area (Å²) in [4.78, 5) is 0. The summed E-state index contributed by atoms with van der Waals surface area (Å²) in [5.74, 6) is 2.82. The number of benzene rings is 2. The largest absolute Gasteiger partial charge is 0.457 e. The highest BCUT2D eigenvalue weighted by Crippen LogP contribution is 2.48. The normalized spacial score (nSPS) is 23.8. The average molecular weight is 272 g/mol. The van der Waals surface area contributed by atoms with Crippen molar-refractivity contribution >= 4 is 11.6 Å². The van der Waals surface area contributed by atoms with Crippen molar-refractivity contribution in [3.8, 4) is 11.5 Å². The van der Waals surface area contributed by atoms with Gasteiger partial charge in [-0.25, -0.2) is 0 Å². The second-order valence-electron chi connectivity index (χ2n) is 5.19. The van der Waals surface area contributed by atoms with Gasteiger partial charge in [-0.3, -0.25) is 0 Å². The minimum Gasteiger partial charge on any atom is -0.457 e. The lowest BCUT2D eigenvalue weighted by atomic mass is 9.84. The smallest absolute Gasteiger partial charge is 0.131 e. The molecular formula is C16H14ClNO. The quantitative estimate of drug-likeness (QED) is 0.784. The van der Waals surface area contributed by atoms with E-state index in [0.29, 0.717) is 11.8 Å². The van der Waals surface area contributed by atoms with Crippen molar-refractivity contribution in [2.24, 2.45) is 0 Å². The van der Waals surface area contributed by atoms with Gasteiger partial charge in [0.15, 0.2) is 0 Å². The minimum atomic E-state index is 0.442. The van der Waals surface area contributed by atoms with E-state index < -0.39 is 0 Å². The number of hydrogen-bond acceptors (Lipinski definition) is 2. The van der Waals surface area contributed by atoms with E-state index in [0.717, 1.165) is 29.6 Å². The fourth-order valence-electron chi connectivity index (χ4n) is 3.23. The summed E-state index contributed by atoms with van der Waals surface area (Å²) in [6.07, 6.45) is 0. The van der Waals surface area contributed by atoms with Crippen LogP contribution in [-0.2, 0) is 0 Å². The van der Waals surface area contributed by atoms with E-state index in [4.69, 9.17) is 16.3 Å². The summed E-state index contributed by atoms with van der Waals surface area (Å²) in [6.45, 7) is 1.98. The molecule has 0 amide bonds. The van der Waals surface area contributed by atoms with Gasteiger partial charge in [0.25, 0.3) is 0 Å². The lowest BCUT2D eigenvalue weighted by Crippen LogP contribution is -2.08. The van der Waals surface area contributed by atoms with Gasteiger partial charge in [0.05, 0.1) is 0 Å². The van der Waals surface area contributed by atoms with Crippen LogP contribution >= 0.6 is 11.6 Å². The predicted octanol–water partition coefficient (Wildman–Crippen LogP) is 3.92. The molecule has 1 N–H and O–H groups in total. The van der Waals surface area contributed by atoms with Crippen LogP contribution in [0, 0.1) is 0 Å². The number of para-hydroxylation sites is 1. The van der Waals surface area contributed by atoms with Gasteiger partial charge in [0.1, 0.15) is 11.5 Å². The molecule has 0 radical (unpaired) electrons. The van der Waals surface area contributed by atoms with Crippen LogP contribution in [0.25, 0.3) is 0 Å². The second kappa shape index (κ2) is 4.26. The molecule has 2 aliphatic heterocycles. The Morgan fingerprint density at radius 2 is 1.68 bits per heavy atom. The van der Waals surface area contributed by atoms with Gasteiger partial charge in [-0.2, -0.15) is 0 Å². The zero-order valence-electron chi connectivity index (χ0n) is 10.4. The van der Waals surface area contributed by atoms with E-state index in [1.54, 1.807) is 0 Å². The molecule has 0 bridgehead atoms. The third-order valence-corrected chi connectivity index (χ3v) is 4.36. The second-order valence-corrected chi connectivity index (χ2v) is 5.63. The summed E-state index contributed by atoms with van der Waals surface area (Å²) in [6, 6.07) is 14.3. The molecule has 96 valence electrons. The van der Waals surface area contributed by atoms with E-state index in [1.165, 1.54) is 11.1 Å². The molecule has 0 aromatic heterocycles. The molecule has 2 aliphatic rings. The van der Waals surface area contributed by atoms with E-state index in [-0.39, 0.29) is 0 Å². The summed E-state index contributed by atoms with van der Waals surface area (Å²) in [5.41, 5.74) is 2.52. The molecule has 2 aromatic carbocycles. The highest BCUT2D eigenvalue weighted by atomic mass is 35.5. The molecule has 2 aromatic rings. The van der Waals surface area contributed by atoms with Crippen LogP contribution in [0.3, 0.4) is 0 Å². The van der Waals surface area contributed by atoms with Crippen molar-refractivity contribution in [3.05, 3.63) is 58.6 Å². The molecule has 0 unspecified atom stereocenters. The first kappa shape index (κ1) is 11.3. The van der Waals surface area contributed by atoms with E-state index >= 15 is 0 Å². The Morgan fingerprint density at radius 1 is 0.947 bits per heavy atom. The Kier molecular flexibility index (Phi) is 2.54. The van der Waals surface area contributed by atoms with Crippen molar-refractivity contribution in [2.45, 2.75) is 11.8 Å². The van der Waals surface area contributed by atoms with Crippen molar-refractivity contribution < 1.29 is 4.74 Å². The summed E-state index contributed by atoms with van der Waals surface area (Å²) >= 11 is 6.16. The van der Waals surface area contributed by atoms with Crippen molar-refractivity contribution in [2.75, 3.05) is 13.1 Å². The standard InChI is InChI=1S/C16H14ClNO/c17-10-5-6-16-12(7-10)14-9-18-8-13(14)11-3-1-2-4-15(11)19-16/h1-7,13-14,18H,8-9H2/t13-,14+/m1/s1. The topological polar surface area (TPSA) is 21.3 Å². The number of ether oxygens (including phenoxy) is 1. The van der Waals surface area contributed by atoms with Gasteiger partial charge in [0, 0.05) is 35.5 Å². The highest BCUT2D eigenvalue weighted by molar-refractivity contribution is 6.30. The van der Waals surface area contributed by atoms with Gasteiger partial charge >= 0.3 is 0 Å². The Labute approximate surface area is 117 Å². The predicted molar refractivity (Wildman–Crippen MR) is 76.3 cm³/mol. The van der Waals surface area contributed by atoms with Crippen LogP contribution in [0.4, 0.5) is 0 Å². The monoisotopic (exact) mass is 271 g/mol. The molecule has 1 fully saturated rings. The Hall–Kier alpha value is -1.51. The maximum Gasteiger partial charge on any atom is 0.131 e. The fraction of sp³-hybridized carbons (Fsp3) is 0.250. The highest BCUT2D eigenvalue weighted by Gasteiger charge is 2.35. The molecule has 1 saturated heterocycles. The molecule has 2 heterocycles. The molecule has 0 saturated carbocycles. The molecule has 19 heavy (non-hydrogen) atoms. The zero-order valence-corrected chi connectivity index (χ0v) is 11.2. The lowest BCUT2D eigenvalue weighted by Gasteiger charge is -2.17. The molecule has 0 aliphatic carbocycles. The third-order valence-electron chi connectivity index (χ3n) is 4.12. The maximum absolute atomic E-state index is 6.16. The average Bonchev–Trinajstić information content (AvgIpc) is 2.86. The number of nitrogens with one attached hydrogen (secondary N) is 1. The summed E-state index contributed by atoms with van der Waals surface area (Å²) in [7, 11) is 0. The maximum atomic E-state index is 6.16. The van der Waals surface area contributed by atoms with Gasteiger partial charge in [-0.15, -0.1) is 0 Å². The van der Waals surface area contributed by atoms with E-state index in [9.17, 15) is 0 Å². The van der Waals surface area contributed by atoms with Crippen LogP contribution < -0.4 is 10.1 Å². The van der Waals surface area contributed by atoms with E-state index in [2.05, 4.69) is 23.5 Å². The molecular weight excluding hydrogens is 258 g/mol. The van der Waals surface area contributed by atoms with Crippen LogP contribution in [-0.4, -0.2) is 13.1 Å². The van der Waals surface area contributed by atoms with Crippen LogP contribution in [0.5, 0.6) is 11.5 Å². The van der Waals surface area contributed by atoms with Gasteiger partial charge in [-0.1, -0.05) is 29.8 Å². The van der Waals surface area contributed by atoms with Crippen LogP contribution in [0.1, 0.15) is 23.0 Å². The lowest BCUT2D eigenvalue weighted by molar-refractivity contribution is 0.476. The van der Waals surface area contributed by atoms with Crippen molar-refractivity contribution in [1.29, 1.82) is 0 Å². The Bertz CT molecular complexity index is 640. The Balaban J connectivity index is 1.94.